The molecule has 0 saturated carbocycles. The summed E-state index contributed by atoms with van der Waals surface area (Å²) in [6.07, 6.45) is 3.76. The molecular formula is C38H24BN3O. The number of pyridine rings is 2. The normalized spacial score (nSPS) is 12.7. The lowest BCUT2D eigenvalue weighted by Crippen LogP contribution is -2.49. The van der Waals surface area contributed by atoms with E-state index in [9.17, 15) is 0 Å². The zero-order valence-electron chi connectivity index (χ0n) is 23.2. The minimum absolute atomic E-state index is 0.0326. The molecule has 0 saturated heterocycles. The predicted octanol–water partition coefficient (Wildman–Crippen LogP) is 7.37. The Morgan fingerprint density at radius 1 is 0.605 bits per heavy atom. The van der Waals surface area contributed by atoms with Crippen molar-refractivity contribution in [2.45, 2.75) is 0 Å². The van der Waals surface area contributed by atoms with Crippen LogP contribution in [0.2, 0.25) is 0 Å². The fraction of sp³-hybridized carbons (Fsp3) is 0. The van der Waals surface area contributed by atoms with Gasteiger partial charge in [0.2, 0.25) is 6.71 Å². The molecule has 2 aromatic heterocycles. The third kappa shape index (κ3) is 3.79. The van der Waals surface area contributed by atoms with Gasteiger partial charge in [0.1, 0.15) is 0 Å². The number of hydrogen-bond donors (Lipinski definition) is 0. The van der Waals surface area contributed by atoms with E-state index < -0.39 is 0 Å². The molecule has 2 aliphatic rings. The molecule has 2 aliphatic heterocycles. The Kier molecular flexibility index (Phi) is 5.26. The maximum atomic E-state index is 6.35. The van der Waals surface area contributed by atoms with Gasteiger partial charge in [0.05, 0.1) is 22.6 Å². The summed E-state index contributed by atoms with van der Waals surface area (Å²) >= 11 is 0. The van der Waals surface area contributed by atoms with E-state index in [-0.39, 0.29) is 6.71 Å². The van der Waals surface area contributed by atoms with Crippen molar-refractivity contribution in [1.29, 1.82) is 0 Å². The third-order valence-corrected chi connectivity index (χ3v) is 8.55. The summed E-state index contributed by atoms with van der Waals surface area (Å²) < 4.78 is 6.35. The first-order valence-electron chi connectivity index (χ1n) is 14.5. The Balaban J connectivity index is 1.32. The van der Waals surface area contributed by atoms with E-state index in [4.69, 9.17) is 9.72 Å². The van der Waals surface area contributed by atoms with Gasteiger partial charge >= 0.3 is 0 Å². The largest absolute Gasteiger partial charge is 0.453 e. The second-order valence-electron chi connectivity index (χ2n) is 11.1. The Labute approximate surface area is 250 Å². The maximum absolute atomic E-state index is 6.35. The summed E-state index contributed by atoms with van der Waals surface area (Å²) in [5, 5.41) is 1.15. The molecule has 4 heterocycles. The molecular weight excluding hydrogens is 525 g/mol. The van der Waals surface area contributed by atoms with E-state index in [1.54, 1.807) is 0 Å². The van der Waals surface area contributed by atoms with Gasteiger partial charge in [-0.15, -0.1) is 0 Å². The summed E-state index contributed by atoms with van der Waals surface area (Å²) in [5.41, 5.74) is 12.3. The molecule has 0 atom stereocenters. The maximum Gasteiger partial charge on any atom is 0.245 e. The van der Waals surface area contributed by atoms with Gasteiger partial charge < -0.3 is 9.64 Å². The second kappa shape index (κ2) is 9.43. The lowest BCUT2D eigenvalue weighted by Gasteiger charge is -2.33. The molecule has 43 heavy (non-hydrogen) atoms. The first-order valence-corrected chi connectivity index (χ1v) is 14.5. The van der Waals surface area contributed by atoms with E-state index in [1.165, 1.54) is 22.0 Å². The monoisotopic (exact) mass is 549 g/mol. The first kappa shape index (κ1) is 24.0. The molecule has 5 heteroatoms. The smallest absolute Gasteiger partial charge is 0.245 e. The molecule has 0 unspecified atom stereocenters. The van der Waals surface area contributed by atoms with Gasteiger partial charge in [-0.2, -0.15) is 0 Å². The van der Waals surface area contributed by atoms with Gasteiger partial charge in [0.25, 0.3) is 0 Å². The van der Waals surface area contributed by atoms with Gasteiger partial charge in [-0.05, 0) is 70.5 Å². The number of aromatic nitrogens is 2. The highest BCUT2D eigenvalue weighted by Gasteiger charge is 2.36. The van der Waals surface area contributed by atoms with Crippen LogP contribution in [-0.2, 0) is 0 Å². The highest BCUT2D eigenvalue weighted by atomic mass is 16.5. The minimum atomic E-state index is 0.0326. The molecule has 4 nitrogen and oxygen atoms in total. The highest BCUT2D eigenvalue weighted by Crippen LogP contribution is 2.50. The Morgan fingerprint density at radius 2 is 1.35 bits per heavy atom. The van der Waals surface area contributed by atoms with Crippen molar-refractivity contribution in [2.75, 3.05) is 4.90 Å². The van der Waals surface area contributed by atoms with Crippen LogP contribution in [0.15, 0.2) is 146 Å². The Hall–Kier alpha value is -5.68. The number of ether oxygens (including phenoxy) is 1. The van der Waals surface area contributed by atoms with Crippen LogP contribution in [0, 0.1) is 0 Å². The third-order valence-electron chi connectivity index (χ3n) is 8.55. The molecule has 0 spiro atoms. The highest BCUT2D eigenvalue weighted by molar-refractivity contribution is 6.99. The first-order chi connectivity index (χ1) is 21.3. The van der Waals surface area contributed by atoms with E-state index >= 15 is 0 Å². The van der Waals surface area contributed by atoms with Crippen molar-refractivity contribution in [3.8, 4) is 33.9 Å². The average Bonchev–Trinajstić information content (AvgIpc) is 3.39. The SMILES string of the molecule is c1cncc(-c2cc(B3c4ccccc4-c4nc5ccccc5cc43)cc(N3c4ccccc4Oc4ccccc43)c2)c1. The number of anilines is 3. The van der Waals surface area contributed by atoms with Crippen LogP contribution in [0.1, 0.15) is 0 Å². The van der Waals surface area contributed by atoms with Crippen LogP contribution in [0.4, 0.5) is 17.1 Å². The molecule has 0 aliphatic carbocycles. The number of fused-ring (bicyclic) bond motifs is 6. The number of hydrogen-bond acceptors (Lipinski definition) is 4. The van der Waals surface area contributed by atoms with E-state index in [2.05, 4.69) is 113 Å². The Morgan fingerprint density at radius 3 is 2.16 bits per heavy atom. The van der Waals surface area contributed by atoms with Crippen LogP contribution in [-0.4, -0.2) is 16.7 Å². The molecule has 5 aromatic carbocycles. The van der Waals surface area contributed by atoms with Crippen LogP contribution < -0.4 is 26.0 Å². The predicted molar refractivity (Wildman–Crippen MR) is 176 cm³/mol. The van der Waals surface area contributed by atoms with Crippen molar-refractivity contribution in [3.05, 3.63) is 146 Å². The number of benzene rings is 5. The summed E-state index contributed by atoms with van der Waals surface area (Å²) in [4.78, 5) is 12.0. The summed E-state index contributed by atoms with van der Waals surface area (Å²) in [6.45, 7) is 0.0326. The summed E-state index contributed by atoms with van der Waals surface area (Å²) in [6, 6.07) is 47.0. The molecule has 7 aromatic rings. The van der Waals surface area contributed by atoms with Crippen molar-refractivity contribution in [2.24, 2.45) is 0 Å². The Bertz CT molecular complexity index is 2150. The van der Waals surface area contributed by atoms with E-state index in [1.807, 2.05) is 42.7 Å². The van der Waals surface area contributed by atoms with Crippen molar-refractivity contribution in [1.82, 2.24) is 9.97 Å². The second-order valence-corrected chi connectivity index (χ2v) is 11.1. The molecule has 0 radical (unpaired) electrons. The standard InChI is InChI=1S/C38H24BN3O/c1-4-14-33-25(10-1)22-32-38(41-33)30-12-2-3-13-31(30)39(32)28-20-27(26-11-9-19-40-24-26)21-29(23-28)42-34-15-5-7-17-36(34)43-37-18-8-6-16-35(37)42/h1-24H. The summed E-state index contributed by atoms with van der Waals surface area (Å²) in [7, 11) is 0. The van der Waals surface area contributed by atoms with Crippen LogP contribution in [0.3, 0.4) is 0 Å². The lowest BCUT2D eigenvalue weighted by molar-refractivity contribution is 0.477. The van der Waals surface area contributed by atoms with Crippen molar-refractivity contribution < 1.29 is 4.74 Å². The van der Waals surface area contributed by atoms with Gasteiger partial charge in [0.15, 0.2) is 11.5 Å². The number of para-hydroxylation sites is 5. The van der Waals surface area contributed by atoms with Crippen molar-refractivity contribution >= 4 is 51.1 Å². The van der Waals surface area contributed by atoms with E-state index in [0.29, 0.717) is 0 Å². The number of rotatable bonds is 3. The minimum Gasteiger partial charge on any atom is -0.453 e. The zero-order chi connectivity index (χ0) is 28.3. The van der Waals surface area contributed by atoms with Crippen LogP contribution in [0.5, 0.6) is 11.5 Å². The molecule has 0 amide bonds. The van der Waals surface area contributed by atoms with Gasteiger partial charge in [-0.3, -0.25) is 4.98 Å². The zero-order valence-corrected chi connectivity index (χ0v) is 23.2. The molecule has 9 rings (SSSR count). The quantitative estimate of drug-likeness (QED) is 0.216. The average molecular weight is 549 g/mol. The molecule has 0 bridgehead atoms. The molecule has 0 fully saturated rings. The molecule has 200 valence electrons. The van der Waals surface area contributed by atoms with Gasteiger partial charge in [-0.1, -0.05) is 95.9 Å². The lowest BCUT2D eigenvalue weighted by atomic mass is 9.39. The van der Waals surface area contributed by atoms with Crippen LogP contribution in [0.25, 0.3) is 33.3 Å². The van der Waals surface area contributed by atoms with E-state index in [0.717, 1.165) is 56.3 Å². The number of nitrogens with zero attached hydrogens (tertiary/aromatic N) is 3. The van der Waals surface area contributed by atoms with Crippen molar-refractivity contribution in [3.63, 3.8) is 0 Å². The summed E-state index contributed by atoms with van der Waals surface area (Å²) in [5.74, 6) is 1.67. The van der Waals surface area contributed by atoms with Crippen LogP contribution >= 0.6 is 0 Å². The fourth-order valence-electron chi connectivity index (χ4n) is 6.67. The van der Waals surface area contributed by atoms with Gasteiger partial charge in [-0.25, -0.2) is 4.98 Å². The topological polar surface area (TPSA) is 38.2 Å². The fourth-order valence-corrected chi connectivity index (χ4v) is 6.67. The van der Waals surface area contributed by atoms with Gasteiger partial charge in [0, 0.05) is 23.6 Å². The molecule has 0 N–H and O–H groups in total.